The fourth-order valence-electron chi connectivity index (χ4n) is 3.53. The summed E-state index contributed by atoms with van der Waals surface area (Å²) in [6, 6.07) is 18.8. The molecule has 1 aromatic heterocycles. The summed E-state index contributed by atoms with van der Waals surface area (Å²) < 4.78 is 32.4. The minimum atomic E-state index is -3.24. The van der Waals surface area contributed by atoms with Crippen molar-refractivity contribution in [2.75, 3.05) is 37.3 Å². The van der Waals surface area contributed by atoms with E-state index in [1.807, 2.05) is 53.4 Å². The van der Waals surface area contributed by atoms with E-state index in [4.69, 9.17) is 4.74 Å². The zero-order valence-electron chi connectivity index (χ0n) is 17.2. The Morgan fingerprint density at radius 1 is 0.935 bits per heavy atom. The summed E-state index contributed by atoms with van der Waals surface area (Å²) in [7, 11) is -3.24. The number of rotatable bonds is 6. The van der Waals surface area contributed by atoms with Crippen molar-refractivity contribution in [2.45, 2.75) is 6.61 Å². The third-order valence-corrected chi connectivity index (χ3v) is 6.49. The number of hydrogen-bond acceptors (Lipinski definition) is 6. The molecule has 1 aliphatic rings. The van der Waals surface area contributed by atoms with E-state index < -0.39 is 10.0 Å². The highest BCUT2D eigenvalue weighted by Gasteiger charge is 2.27. The van der Waals surface area contributed by atoms with Crippen LogP contribution in [0.25, 0.3) is 5.69 Å². The summed E-state index contributed by atoms with van der Waals surface area (Å²) in [5, 5.41) is 4.36. The van der Waals surface area contributed by atoms with Crippen molar-refractivity contribution in [2.24, 2.45) is 0 Å². The Labute approximate surface area is 181 Å². The minimum absolute atomic E-state index is 0.204. The van der Waals surface area contributed by atoms with Gasteiger partial charge >= 0.3 is 5.56 Å². The topological polar surface area (TPSA) is 84.7 Å². The van der Waals surface area contributed by atoms with Gasteiger partial charge in [0.25, 0.3) is 0 Å². The highest BCUT2D eigenvalue weighted by atomic mass is 32.2. The predicted octanol–water partition coefficient (Wildman–Crippen LogP) is 1.89. The largest absolute Gasteiger partial charge is 0.481 e. The summed E-state index contributed by atoms with van der Waals surface area (Å²) in [5.41, 5.74) is 1.80. The van der Waals surface area contributed by atoms with E-state index in [1.54, 1.807) is 18.3 Å². The normalized spacial score (nSPS) is 15.1. The van der Waals surface area contributed by atoms with Crippen molar-refractivity contribution in [1.29, 1.82) is 0 Å². The van der Waals surface area contributed by atoms with Crippen LogP contribution >= 0.6 is 0 Å². The number of para-hydroxylation sites is 1. The van der Waals surface area contributed by atoms with Gasteiger partial charge in [-0.3, -0.25) is 4.79 Å². The van der Waals surface area contributed by atoms with Crippen LogP contribution in [-0.2, 0) is 16.6 Å². The maximum atomic E-state index is 13.3. The van der Waals surface area contributed by atoms with Gasteiger partial charge in [-0.15, -0.1) is 0 Å². The minimum Gasteiger partial charge on any atom is -0.481 e. The lowest BCUT2D eigenvalue weighted by atomic mass is 10.2. The Bertz CT molecular complexity index is 1190. The first-order valence-corrected chi connectivity index (χ1v) is 11.8. The molecule has 0 bridgehead atoms. The molecule has 3 aromatic rings. The standard InChI is InChI=1S/C22H24N4O4S/c1-31(28,29)25-14-12-24(13-15-25)20-16-23-26(19-10-6-3-7-11-19)22(27)21(20)30-17-18-8-4-2-5-9-18/h2-11,16H,12-15,17H2,1H3. The van der Waals surface area contributed by atoms with Gasteiger partial charge in [0.2, 0.25) is 15.8 Å². The molecular formula is C22H24N4O4S. The van der Waals surface area contributed by atoms with Gasteiger partial charge < -0.3 is 9.64 Å². The number of aromatic nitrogens is 2. The molecule has 0 saturated carbocycles. The Hall–Kier alpha value is -3.17. The number of benzene rings is 2. The molecular weight excluding hydrogens is 416 g/mol. The van der Waals surface area contributed by atoms with E-state index >= 15 is 0 Å². The molecule has 2 heterocycles. The first-order valence-electron chi connectivity index (χ1n) is 9.98. The smallest absolute Gasteiger partial charge is 0.316 e. The second-order valence-corrected chi connectivity index (χ2v) is 9.32. The van der Waals surface area contributed by atoms with Crippen molar-refractivity contribution < 1.29 is 13.2 Å². The molecule has 0 aliphatic carbocycles. The summed E-state index contributed by atoms with van der Waals surface area (Å²) in [5.74, 6) is 0.204. The number of sulfonamides is 1. The van der Waals surface area contributed by atoms with Gasteiger partial charge in [0.1, 0.15) is 12.3 Å². The van der Waals surface area contributed by atoms with Crippen LogP contribution < -0.4 is 15.2 Å². The summed E-state index contributed by atoms with van der Waals surface area (Å²) in [4.78, 5) is 15.3. The lowest BCUT2D eigenvalue weighted by molar-refractivity contribution is 0.298. The monoisotopic (exact) mass is 440 g/mol. The molecule has 9 heteroatoms. The molecule has 1 fully saturated rings. The first-order chi connectivity index (χ1) is 14.9. The number of ether oxygens (including phenoxy) is 1. The summed E-state index contributed by atoms with van der Waals surface area (Å²) in [6.45, 7) is 1.83. The SMILES string of the molecule is CS(=O)(=O)N1CCN(c2cnn(-c3ccccc3)c(=O)c2OCc2ccccc2)CC1. The molecule has 2 aromatic carbocycles. The van der Waals surface area contributed by atoms with Crippen molar-refractivity contribution >= 4 is 15.7 Å². The van der Waals surface area contributed by atoms with E-state index in [1.165, 1.54) is 15.2 Å². The molecule has 1 aliphatic heterocycles. The highest BCUT2D eigenvalue weighted by molar-refractivity contribution is 7.88. The number of anilines is 1. The zero-order chi connectivity index (χ0) is 21.8. The van der Waals surface area contributed by atoms with Gasteiger partial charge in [0.15, 0.2) is 0 Å². The van der Waals surface area contributed by atoms with E-state index in [2.05, 4.69) is 5.10 Å². The lowest BCUT2D eigenvalue weighted by Gasteiger charge is -2.35. The van der Waals surface area contributed by atoms with E-state index in [-0.39, 0.29) is 17.9 Å². The molecule has 0 unspecified atom stereocenters. The van der Waals surface area contributed by atoms with E-state index in [0.29, 0.717) is 37.6 Å². The van der Waals surface area contributed by atoms with Gasteiger partial charge in [-0.2, -0.15) is 14.1 Å². The molecule has 0 radical (unpaired) electrons. The Balaban J connectivity index is 1.67. The van der Waals surface area contributed by atoms with Crippen LogP contribution in [0.1, 0.15) is 5.56 Å². The fraction of sp³-hybridized carbons (Fsp3) is 0.273. The van der Waals surface area contributed by atoms with E-state index in [0.717, 1.165) is 5.56 Å². The van der Waals surface area contributed by atoms with Crippen LogP contribution in [0.3, 0.4) is 0 Å². The van der Waals surface area contributed by atoms with Crippen molar-refractivity contribution in [3.63, 3.8) is 0 Å². The maximum Gasteiger partial charge on any atom is 0.316 e. The molecule has 31 heavy (non-hydrogen) atoms. The zero-order valence-corrected chi connectivity index (χ0v) is 18.0. The molecule has 1 saturated heterocycles. The quantitative estimate of drug-likeness (QED) is 0.582. The van der Waals surface area contributed by atoms with Crippen LogP contribution in [0.4, 0.5) is 5.69 Å². The predicted molar refractivity (Wildman–Crippen MR) is 119 cm³/mol. The Kier molecular flexibility index (Phi) is 6.06. The average molecular weight is 441 g/mol. The molecule has 0 atom stereocenters. The fourth-order valence-corrected chi connectivity index (χ4v) is 4.36. The molecule has 162 valence electrons. The van der Waals surface area contributed by atoms with Crippen molar-refractivity contribution in [3.8, 4) is 11.4 Å². The molecule has 8 nitrogen and oxygen atoms in total. The van der Waals surface area contributed by atoms with Gasteiger partial charge in [0, 0.05) is 26.2 Å². The number of hydrogen-bond donors (Lipinski definition) is 0. The number of nitrogens with zero attached hydrogens (tertiary/aromatic N) is 4. The second kappa shape index (κ2) is 8.91. The average Bonchev–Trinajstić information content (AvgIpc) is 2.79. The summed E-state index contributed by atoms with van der Waals surface area (Å²) >= 11 is 0. The van der Waals surface area contributed by atoms with Crippen LogP contribution in [0, 0.1) is 0 Å². The van der Waals surface area contributed by atoms with Gasteiger partial charge in [-0.1, -0.05) is 48.5 Å². The molecule has 0 spiro atoms. The van der Waals surface area contributed by atoms with Crippen LogP contribution in [0.5, 0.6) is 5.75 Å². The summed E-state index contributed by atoms with van der Waals surface area (Å²) in [6.07, 6.45) is 2.82. The van der Waals surface area contributed by atoms with Crippen LogP contribution in [0.2, 0.25) is 0 Å². The molecule has 0 N–H and O–H groups in total. The molecule has 0 amide bonds. The Morgan fingerprint density at radius 3 is 2.16 bits per heavy atom. The van der Waals surface area contributed by atoms with Gasteiger partial charge in [0.05, 0.1) is 18.1 Å². The maximum absolute atomic E-state index is 13.3. The highest BCUT2D eigenvalue weighted by Crippen LogP contribution is 2.26. The second-order valence-electron chi connectivity index (χ2n) is 7.33. The number of piperazine rings is 1. The third kappa shape index (κ3) is 4.78. The van der Waals surface area contributed by atoms with Crippen LogP contribution in [0.15, 0.2) is 71.7 Å². The van der Waals surface area contributed by atoms with Gasteiger partial charge in [-0.05, 0) is 17.7 Å². The molecule has 4 rings (SSSR count). The first kappa shape index (κ1) is 21.1. The van der Waals surface area contributed by atoms with Crippen molar-refractivity contribution in [3.05, 3.63) is 82.8 Å². The van der Waals surface area contributed by atoms with Gasteiger partial charge in [-0.25, -0.2) is 8.42 Å². The Morgan fingerprint density at radius 2 is 1.55 bits per heavy atom. The van der Waals surface area contributed by atoms with Crippen molar-refractivity contribution in [1.82, 2.24) is 14.1 Å². The van der Waals surface area contributed by atoms with E-state index in [9.17, 15) is 13.2 Å². The third-order valence-electron chi connectivity index (χ3n) is 5.19. The lowest BCUT2D eigenvalue weighted by Crippen LogP contribution is -2.48. The van der Waals surface area contributed by atoms with Crippen LogP contribution in [-0.4, -0.2) is 54.9 Å².